The van der Waals surface area contributed by atoms with Gasteiger partial charge in [-0.2, -0.15) is 5.10 Å². The molecule has 0 atom stereocenters. The molecule has 0 saturated carbocycles. The van der Waals surface area contributed by atoms with Gasteiger partial charge in [-0.25, -0.2) is 4.68 Å². The summed E-state index contributed by atoms with van der Waals surface area (Å²) < 4.78 is 1.61. The molecule has 1 aromatic heterocycles. The van der Waals surface area contributed by atoms with Crippen molar-refractivity contribution in [3.8, 4) is 0 Å². The Labute approximate surface area is 69.8 Å². The van der Waals surface area contributed by atoms with Crippen LogP contribution in [0.15, 0.2) is 6.20 Å². The number of hydrogen-bond donors (Lipinski definition) is 2. The van der Waals surface area contributed by atoms with Crippen LogP contribution in [0.3, 0.4) is 0 Å². The molecule has 0 aromatic carbocycles. The topological polar surface area (TPSA) is 50.1 Å². The molecule has 1 heterocycles. The lowest BCUT2D eigenvalue weighted by Gasteiger charge is -2.03. The molecule has 11 heavy (non-hydrogen) atoms. The van der Waals surface area contributed by atoms with Crippen molar-refractivity contribution in [2.24, 2.45) is 0 Å². The highest BCUT2D eigenvalue weighted by Crippen LogP contribution is 2.19. The summed E-state index contributed by atoms with van der Waals surface area (Å²) in [6.45, 7) is 0.523. The minimum absolute atomic E-state index is 0.0622. The molecular formula is C6H10ClN3O. The van der Waals surface area contributed by atoms with E-state index < -0.39 is 0 Å². The van der Waals surface area contributed by atoms with Crippen LogP contribution >= 0.6 is 11.6 Å². The van der Waals surface area contributed by atoms with Gasteiger partial charge in [0.2, 0.25) is 0 Å². The van der Waals surface area contributed by atoms with E-state index >= 15 is 0 Å². The van der Waals surface area contributed by atoms with Crippen molar-refractivity contribution >= 4 is 17.4 Å². The van der Waals surface area contributed by atoms with Crippen molar-refractivity contribution < 1.29 is 5.11 Å². The van der Waals surface area contributed by atoms with Gasteiger partial charge in [-0.1, -0.05) is 11.6 Å². The fourth-order valence-electron chi connectivity index (χ4n) is 0.875. The fraction of sp³-hybridized carbons (Fsp3) is 0.500. The maximum absolute atomic E-state index is 8.62. The highest BCUT2D eigenvalue weighted by Gasteiger charge is 2.04. The SMILES string of the molecule is CNc1c(Cl)cnn1CCO. The number of anilines is 1. The Kier molecular flexibility index (Phi) is 2.73. The summed E-state index contributed by atoms with van der Waals surface area (Å²) in [5.74, 6) is 0.737. The summed E-state index contributed by atoms with van der Waals surface area (Å²) in [4.78, 5) is 0. The van der Waals surface area contributed by atoms with E-state index in [4.69, 9.17) is 16.7 Å². The Balaban J connectivity index is 2.86. The number of aliphatic hydroxyl groups is 1. The predicted molar refractivity (Wildman–Crippen MR) is 43.9 cm³/mol. The van der Waals surface area contributed by atoms with Crippen molar-refractivity contribution in [1.29, 1.82) is 0 Å². The first-order chi connectivity index (χ1) is 5.29. The van der Waals surface area contributed by atoms with Crippen LogP contribution in [0.4, 0.5) is 5.82 Å². The van der Waals surface area contributed by atoms with Gasteiger partial charge in [-0.3, -0.25) is 0 Å². The molecule has 0 saturated heterocycles. The lowest BCUT2D eigenvalue weighted by molar-refractivity contribution is 0.270. The zero-order valence-electron chi connectivity index (χ0n) is 6.21. The maximum atomic E-state index is 8.62. The normalized spacial score (nSPS) is 10.1. The molecule has 5 heteroatoms. The second-order valence-electron chi connectivity index (χ2n) is 2.04. The first kappa shape index (κ1) is 8.36. The van der Waals surface area contributed by atoms with Crippen LogP contribution in [0.2, 0.25) is 5.02 Å². The molecule has 0 fully saturated rings. The third kappa shape index (κ3) is 1.64. The summed E-state index contributed by atoms with van der Waals surface area (Å²) in [5, 5.41) is 16.0. The van der Waals surface area contributed by atoms with Crippen LogP contribution in [-0.4, -0.2) is 28.5 Å². The van der Waals surface area contributed by atoms with Gasteiger partial charge in [-0.05, 0) is 0 Å². The molecule has 0 aliphatic rings. The molecule has 4 nitrogen and oxygen atoms in total. The molecule has 62 valence electrons. The lowest BCUT2D eigenvalue weighted by atomic mass is 10.6. The highest BCUT2D eigenvalue weighted by molar-refractivity contribution is 6.32. The van der Waals surface area contributed by atoms with Gasteiger partial charge in [0.15, 0.2) is 0 Å². The smallest absolute Gasteiger partial charge is 0.143 e. The molecular weight excluding hydrogens is 166 g/mol. The minimum atomic E-state index is 0.0622. The molecule has 0 bridgehead atoms. The summed E-state index contributed by atoms with van der Waals surface area (Å²) in [5.41, 5.74) is 0. The van der Waals surface area contributed by atoms with Crippen molar-refractivity contribution in [3.63, 3.8) is 0 Å². The number of rotatable bonds is 3. The van der Waals surface area contributed by atoms with E-state index in [2.05, 4.69) is 10.4 Å². The summed E-state index contributed by atoms with van der Waals surface area (Å²) in [7, 11) is 1.76. The molecule has 1 rings (SSSR count). The average Bonchev–Trinajstić information content (AvgIpc) is 2.33. The van der Waals surface area contributed by atoms with Crippen molar-refractivity contribution in [2.45, 2.75) is 6.54 Å². The van der Waals surface area contributed by atoms with E-state index in [-0.39, 0.29) is 6.61 Å². The summed E-state index contributed by atoms with van der Waals surface area (Å²) in [6, 6.07) is 0. The Bertz CT molecular complexity index is 236. The van der Waals surface area contributed by atoms with Gasteiger partial charge in [0.05, 0.1) is 19.3 Å². The monoisotopic (exact) mass is 175 g/mol. The lowest BCUT2D eigenvalue weighted by Crippen LogP contribution is -2.07. The first-order valence-corrected chi connectivity index (χ1v) is 3.67. The van der Waals surface area contributed by atoms with Crippen LogP contribution in [-0.2, 0) is 6.54 Å². The largest absolute Gasteiger partial charge is 0.394 e. The molecule has 2 N–H and O–H groups in total. The Hall–Kier alpha value is -0.740. The van der Waals surface area contributed by atoms with Gasteiger partial charge in [0.1, 0.15) is 10.8 Å². The van der Waals surface area contributed by atoms with Crippen LogP contribution < -0.4 is 5.32 Å². The van der Waals surface area contributed by atoms with E-state index in [0.29, 0.717) is 11.6 Å². The van der Waals surface area contributed by atoms with Crippen molar-refractivity contribution in [2.75, 3.05) is 19.0 Å². The predicted octanol–water partition coefficient (Wildman–Crippen LogP) is 0.571. The van der Waals surface area contributed by atoms with Crippen LogP contribution in [0.5, 0.6) is 0 Å². The maximum Gasteiger partial charge on any atom is 0.143 e. The second kappa shape index (κ2) is 3.59. The third-order valence-corrected chi connectivity index (χ3v) is 1.62. The third-order valence-electron chi connectivity index (χ3n) is 1.34. The minimum Gasteiger partial charge on any atom is -0.394 e. The van der Waals surface area contributed by atoms with Crippen LogP contribution in [0.25, 0.3) is 0 Å². The molecule has 0 spiro atoms. The van der Waals surface area contributed by atoms with E-state index in [9.17, 15) is 0 Å². The van der Waals surface area contributed by atoms with Gasteiger partial charge in [-0.15, -0.1) is 0 Å². The average molecular weight is 176 g/mol. The molecule has 0 radical (unpaired) electrons. The Morgan fingerprint density at radius 1 is 1.82 bits per heavy atom. The van der Waals surface area contributed by atoms with Gasteiger partial charge < -0.3 is 10.4 Å². The zero-order valence-corrected chi connectivity index (χ0v) is 6.97. The van der Waals surface area contributed by atoms with Gasteiger partial charge in [0.25, 0.3) is 0 Å². The Morgan fingerprint density at radius 2 is 2.55 bits per heavy atom. The first-order valence-electron chi connectivity index (χ1n) is 3.29. The fourth-order valence-corrected chi connectivity index (χ4v) is 1.11. The quantitative estimate of drug-likeness (QED) is 0.707. The molecule has 0 aliphatic carbocycles. The number of aromatic nitrogens is 2. The van der Waals surface area contributed by atoms with E-state index in [1.807, 2.05) is 0 Å². The highest BCUT2D eigenvalue weighted by atomic mass is 35.5. The van der Waals surface area contributed by atoms with Crippen LogP contribution in [0, 0.1) is 0 Å². The standard InChI is InChI=1S/C6H10ClN3O/c1-8-6-5(7)4-9-10(6)2-3-11/h4,8,11H,2-3H2,1H3. The zero-order chi connectivity index (χ0) is 8.27. The number of aliphatic hydroxyl groups excluding tert-OH is 1. The van der Waals surface area contributed by atoms with E-state index in [1.54, 1.807) is 17.9 Å². The van der Waals surface area contributed by atoms with E-state index in [1.165, 1.54) is 0 Å². The van der Waals surface area contributed by atoms with Crippen molar-refractivity contribution in [1.82, 2.24) is 9.78 Å². The second-order valence-corrected chi connectivity index (χ2v) is 2.45. The van der Waals surface area contributed by atoms with Crippen LogP contribution in [0.1, 0.15) is 0 Å². The number of nitrogens with one attached hydrogen (secondary N) is 1. The summed E-state index contributed by atoms with van der Waals surface area (Å²) in [6.07, 6.45) is 1.54. The number of nitrogens with zero attached hydrogens (tertiary/aromatic N) is 2. The van der Waals surface area contributed by atoms with Gasteiger partial charge >= 0.3 is 0 Å². The molecule has 0 unspecified atom stereocenters. The Morgan fingerprint density at radius 3 is 3.09 bits per heavy atom. The number of halogens is 1. The number of hydrogen-bond acceptors (Lipinski definition) is 3. The molecule has 0 aliphatic heterocycles. The summed E-state index contributed by atoms with van der Waals surface area (Å²) >= 11 is 5.75. The molecule has 0 amide bonds. The van der Waals surface area contributed by atoms with Crippen molar-refractivity contribution in [3.05, 3.63) is 11.2 Å². The van der Waals surface area contributed by atoms with Gasteiger partial charge in [0, 0.05) is 7.05 Å². The van der Waals surface area contributed by atoms with E-state index in [0.717, 1.165) is 5.82 Å². The molecule has 1 aromatic rings.